The van der Waals surface area contributed by atoms with Crippen LogP contribution in [0.4, 0.5) is 0 Å². The molecular weight excluding hydrogens is 358 g/mol. The van der Waals surface area contributed by atoms with Crippen molar-refractivity contribution in [3.05, 3.63) is 64.7 Å². The first-order chi connectivity index (χ1) is 12.5. The van der Waals surface area contributed by atoms with Crippen LogP contribution in [0.15, 0.2) is 48.5 Å². The molecule has 1 heterocycles. The van der Waals surface area contributed by atoms with Crippen LogP contribution >= 0.6 is 11.6 Å². The SMILES string of the molecule is O=C(O)c1ccc(O[C@@H]2COCC[C@H]2NC(=O)c2ccccc2Cl)cc1. The number of halogens is 1. The van der Waals surface area contributed by atoms with Gasteiger partial charge in [0.25, 0.3) is 5.91 Å². The highest BCUT2D eigenvalue weighted by Crippen LogP contribution is 2.20. The summed E-state index contributed by atoms with van der Waals surface area (Å²) in [5, 5.41) is 12.3. The summed E-state index contributed by atoms with van der Waals surface area (Å²) < 4.78 is 11.4. The summed E-state index contributed by atoms with van der Waals surface area (Å²) in [6.07, 6.45) is 0.222. The van der Waals surface area contributed by atoms with E-state index in [2.05, 4.69) is 5.32 Å². The van der Waals surface area contributed by atoms with Gasteiger partial charge in [-0.2, -0.15) is 0 Å². The van der Waals surface area contributed by atoms with E-state index in [9.17, 15) is 9.59 Å². The molecule has 0 aliphatic carbocycles. The lowest BCUT2D eigenvalue weighted by Gasteiger charge is -2.32. The fourth-order valence-corrected chi connectivity index (χ4v) is 2.96. The van der Waals surface area contributed by atoms with Crippen LogP contribution in [0.5, 0.6) is 5.75 Å². The van der Waals surface area contributed by atoms with E-state index in [0.29, 0.717) is 36.0 Å². The number of nitrogens with one attached hydrogen (secondary N) is 1. The van der Waals surface area contributed by atoms with Gasteiger partial charge in [0.1, 0.15) is 11.9 Å². The summed E-state index contributed by atoms with van der Waals surface area (Å²) in [5.74, 6) is -0.748. The molecular formula is C19H18ClNO5. The number of aromatic carboxylic acids is 1. The van der Waals surface area contributed by atoms with Crippen molar-refractivity contribution >= 4 is 23.5 Å². The van der Waals surface area contributed by atoms with Gasteiger partial charge >= 0.3 is 5.97 Å². The highest BCUT2D eigenvalue weighted by Gasteiger charge is 2.29. The molecule has 7 heteroatoms. The van der Waals surface area contributed by atoms with E-state index in [-0.39, 0.29) is 23.6 Å². The van der Waals surface area contributed by atoms with Gasteiger partial charge in [-0.3, -0.25) is 4.79 Å². The monoisotopic (exact) mass is 375 g/mol. The predicted octanol–water partition coefficient (Wildman–Crippen LogP) is 3.00. The van der Waals surface area contributed by atoms with Crippen LogP contribution in [-0.4, -0.2) is 42.3 Å². The van der Waals surface area contributed by atoms with Gasteiger partial charge in [0.05, 0.1) is 28.8 Å². The Kier molecular flexibility index (Phi) is 5.75. The molecule has 3 rings (SSSR count). The maximum Gasteiger partial charge on any atom is 0.335 e. The molecule has 2 atom stereocenters. The van der Waals surface area contributed by atoms with Crippen LogP contribution in [0.2, 0.25) is 5.02 Å². The number of ether oxygens (including phenoxy) is 2. The molecule has 26 heavy (non-hydrogen) atoms. The Bertz CT molecular complexity index is 793. The van der Waals surface area contributed by atoms with E-state index in [0.717, 1.165) is 0 Å². The molecule has 1 saturated heterocycles. The number of hydrogen-bond donors (Lipinski definition) is 2. The van der Waals surface area contributed by atoms with Crippen LogP contribution in [0.25, 0.3) is 0 Å². The van der Waals surface area contributed by atoms with Gasteiger partial charge in [-0.05, 0) is 42.8 Å². The number of carbonyl (C=O) groups excluding carboxylic acids is 1. The summed E-state index contributed by atoms with van der Waals surface area (Å²) >= 11 is 6.08. The average molecular weight is 376 g/mol. The Morgan fingerprint density at radius 3 is 2.58 bits per heavy atom. The molecule has 2 aromatic rings. The van der Waals surface area contributed by atoms with E-state index in [4.69, 9.17) is 26.2 Å². The Hall–Kier alpha value is -2.57. The fraction of sp³-hybridized carbons (Fsp3) is 0.263. The average Bonchev–Trinajstić information content (AvgIpc) is 2.64. The number of amides is 1. The van der Waals surface area contributed by atoms with Crippen molar-refractivity contribution in [3.63, 3.8) is 0 Å². The summed E-state index contributed by atoms with van der Waals surface area (Å²) in [5.41, 5.74) is 0.589. The van der Waals surface area contributed by atoms with Crippen LogP contribution in [-0.2, 0) is 4.74 Å². The molecule has 0 aromatic heterocycles. The van der Waals surface area contributed by atoms with E-state index in [1.165, 1.54) is 12.1 Å². The second-order valence-electron chi connectivity index (χ2n) is 5.91. The second-order valence-corrected chi connectivity index (χ2v) is 6.32. The molecule has 0 radical (unpaired) electrons. The summed E-state index contributed by atoms with van der Waals surface area (Å²) in [6.45, 7) is 0.847. The zero-order valence-electron chi connectivity index (χ0n) is 13.9. The highest BCUT2D eigenvalue weighted by molar-refractivity contribution is 6.33. The lowest BCUT2D eigenvalue weighted by Crippen LogP contribution is -2.51. The third-order valence-corrected chi connectivity index (χ3v) is 4.46. The zero-order valence-corrected chi connectivity index (χ0v) is 14.6. The van der Waals surface area contributed by atoms with Crippen molar-refractivity contribution in [2.75, 3.05) is 13.2 Å². The molecule has 2 aromatic carbocycles. The molecule has 1 aliphatic heterocycles. The number of carboxylic acids is 1. The zero-order chi connectivity index (χ0) is 18.5. The third-order valence-electron chi connectivity index (χ3n) is 4.13. The minimum atomic E-state index is -0.998. The third kappa shape index (κ3) is 4.33. The normalized spacial score (nSPS) is 19.6. The summed E-state index contributed by atoms with van der Waals surface area (Å²) in [6, 6.07) is 12.7. The lowest BCUT2D eigenvalue weighted by molar-refractivity contribution is -0.0135. The topological polar surface area (TPSA) is 84.9 Å². The van der Waals surface area contributed by atoms with Crippen molar-refractivity contribution in [1.29, 1.82) is 0 Å². The van der Waals surface area contributed by atoms with E-state index >= 15 is 0 Å². The van der Waals surface area contributed by atoms with Crippen molar-refractivity contribution in [1.82, 2.24) is 5.32 Å². The molecule has 1 aliphatic rings. The van der Waals surface area contributed by atoms with Gasteiger partial charge in [0.15, 0.2) is 0 Å². The van der Waals surface area contributed by atoms with Gasteiger partial charge in [0.2, 0.25) is 0 Å². The quantitative estimate of drug-likeness (QED) is 0.839. The standard InChI is InChI=1S/C19H18ClNO5/c20-15-4-2-1-3-14(15)18(22)21-16-9-10-25-11-17(16)26-13-7-5-12(6-8-13)19(23)24/h1-8,16-17H,9-11H2,(H,21,22)(H,23,24)/t16-,17-/m1/s1. The minimum absolute atomic E-state index is 0.181. The van der Waals surface area contributed by atoms with Crippen LogP contribution < -0.4 is 10.1 Å². The van der Waals surface area contributed by atoms with Gasteiger partial charge < -0.3 is 19.9 Å². The fourth-order valence-electron chi connectivity index (χ4n) is 2.74. The van der Waals surface area contributed by atoms with Crippen molar-refractivity contribution in [3.8, 4) is 5.75 Å². The van der Waals surface area contributed by atoms with E-state index < -0.39 is 5.97 Å². The molecule has 0 bridgehead atoms. The van der Waals surface area contributed by atoms with Crippen molar-refractivity contribution in [2.45, 2.75) is 18.6 Å². The first-order valence-electron chi connectivity index (χ1n) is 8.18. The molecule has 0 unspecified atom stereocenters. The number of carboxylic acid groups (broad SMARTS) is 1. The Morgan fingerprint density at radius 2 is 1.88 bits per heavy atom. The van der Waals surface area contributed by atoms with E-state index in [1.54, 1.807) is 36.4 Å². The number of rotatable bonds is 5. The molecule has 136 valence electrons. The van der Waals surface area contributed by atoms with Gasteiger partial charge in [0, 0.05) is 6.61 Å². The number of benzene rings is 2. The summed E-state index contributed by atoms with van der Waals surface area (Å²) in [7, 11) is 0. The van der Waals surface area contributed by atoms with Crippen LogP contribution in [0, 0.1) is 0 Å². The highest BCUT2D eigenvalue weighted by atomic mass is 35.5. The van der Waals surface area contributed by atoms with Crippen LogP contribution in [0.1, 0.15) is 27.1 Å². The molecule has 0 saturated carbocycles. The Morgan fingerprint density at radius 1 is 1.15 bits per heavy atom. The largest absolute Gasteiger partial charge is 0.486 e. The Labute approximate surface area is 155 Å². The maximum absolute atomic E-state index is 12.5. The first-order valence-corrected chi connectivity index (χ1v) is 8.55. The van der Waals surface area contributed by atoms with E-state index in [1.807, 2.05) is 0 Å². The molecule has 1 amide bonds. The molecule has 0 spiro atoms. The lowest BCUT2D eigenvalue weighted by atomic mass is 10.0. The van der Waals surface area contributed by atoms with Crippen molar-refractivity contribution < 1.29 is 24.2 Å². The second kappa shape index (κ2) is 8.21. The maximum atomic E-state index is 12.5. The molecule has 1 fully saturated rings. The van der Waals surface area contributed by atoms with Gasteiger partial charge in [-0.1, -0.05) is 23.7 Å². The molecule has 6 nitrogen and oxygen atoms in total. The first kappa shape index (κ1) is 18.2. The minimum Gasteiger partial charge on any atom is -0.486 e. The molecule has 2 N–H and O–H groups in total. The number of hydrogen-bond acceptors (Lipinski definition) is 4. The Balaban J connectivity index is 1.68. The predicted molar refractivity (Wildman–Crippen MR) is 96.0 cm³/mol. The summed E-state index contributed by atoms with van der Waals surface area (Å²) in [4.78, 5) is 23.4. The smallest absolute Gasteiger partial charge is 0.335 e. The van der Waals surface area contributed by atoms with Crippen molar-refractivity contribution in [2.24, 2.45) is 0 Å². The van der Waals surface area contributed by atoms with Crippen LogP contribution in [0.3, 0.4) is 0 Å². The van der Waals surface area contributed by atoms with Gasteiger partial charge in [-0.25, -0.2) is 4.79 Å². The number of carbonyl (C=O) groups is 2. The van der Waals surface area contributed by atoms with Gasteiger partial charge in [-0.15, -0.1) is 0 Å².